The number of esters is 1. The molecule has 0 saturated heterocycles. The number of amides is 1. The van der Waals surface area contributed by atoms with Crippen LogP contribution < -0.4 is 14.8 Å². The fourth-order valence-electron chi connectivity index (χ4n) is 2.20. The molecule has 0 radical (unpaired) electrons. The highest BCUT2D eigenvalue weighted by atomic mass is 35.5. The molecule has 0 bridgehead atoms. The zero-order valence-electron chi connectivity index (χ0n) is 15.3. The first-order valence-corrected chi connectivity index (χ1v) is 8.93. The Balaban J connectivity index is 1.93. The summed E-state index contributed by atoms with van der Waals surface area (Å²) in [4.78, 5) is 23.6. The van der Waals surface area contributed by atoms with E-state index in [-0.39, 0.29) is 18.1 Å². The Bertz CT molecular complexity index is 699. The van der Waals surface area contributed by atoms with Gasteiger partial charge in [0.1, 0.15) is 0 Å². The number of nitrogens with one attached hydrogen (secondary N) is 1. The quantitative estimate of drug-likeness (QED) is 0.604. The number of rotatable bonds is 6. The van der Waals surface area contributed by atoms with Crippen molar-refractivity contribution >= 4 is 29.6 Å². The molecule has 0 aliphatic carbocycles. The molecule has 1 amide bonds. The van der Waals surface area contributed by atoms with Crippen molar-refractivity contribution in [2.75, 3.05) is 19.8 Å². The molecule has 0 unspecified atom stereocenters. The van der Waals surface area contributed by atoms with E-state index in [1.54, 1.807) is 18.2 Å². The van der Waals surface area contributed by atoms with E-state index in [9.17, 15) is 9.59 Å². The molecular formula is C19H24ClNO5. The summed E-state index contributed by atoms with van der Waals surface area (Å²) >= 11 is 6.21. The van der Waals surface area contributed by atoms with Crippen LogP contribution in [-0.2, 0) is 14.3 Å². The zero-order valence-corrected chi connectivity index (χ0v) is 16.0. The van der Waals surface area contributed by atoms with E-state index in [4.69, 9.17) is 25.8 Å². The molecule has 6 nitrogen and oxygen atoms in total. The van der Waals surface area contributed by atoms with E-state index in [2.05, 4.69) is 5.32 Å². The summed E-state index contributed by atoms with van der Waals surface area (Å²) in [5.74, 6) is 0.109. The molecule has 1 heterocycles. The van der Waals surface area contributed by atoms with Gasteiger partial charge in [0, 0.05) is 18.0 Å². The molecular weight excluding hydrogens is 358 g/mol. The Morgan fingerprint density at radius 2 is 2.04 bits per heavy atom. The first kappa shape index (κ1) is 20.1. The van der Waals surface area contributed by atoms with Gasteiger partial charge in [0.25, 0.3) is 5.91 Å². The van der Waals surface area contributed by atoms with Gasteiger partial charge in [0.15, 0.2) is 18.1 Å². The van der Waals surface area contributed by atoms with Gasteiger partial charge in [0.2, 0.25) is 0 Å². The van der Waals surface area contributed by atoms with E-state index in [1.165, 1.54) is 6.08 Å². The predicted molar refractivity (Wildman–Crippen MR) is 99.6 cm³/mol. The van der Waals surface area contributed by atoms with Gasteiger partial charge in [-0.1, -0.05) is 18.5 Å². The number of halogens is 1. The molecule has 1 aliphatic heterocycles. The standard InChI is InChI=1S/C19H24ClNO5/c1-4-19(2,3)21-16(22)12-26-17(23)7-6-13-10-14(20)18-15(11-13)24-8-5-9-25-18/h6-7,10-11H,4-5,8-9,12H2,1-3H3,(H,21,22)/b7-6+. The summed E-state index contributed by atoms with van der Waals surface area (Å²) in [7, 11) is 0. The Labute approximate surface area is 158 Å². The Hall–Kier alpha value is -2.21. The average Bonchev–Trinajstić information content (AvgIpc) is 2.83. The van der Waals surface area contributed by atoms with Gasteiger partial charge in [-0.15, -0.1) is 0 Å². The first-order valence-electron chi connectivity index (χ1n) is 8.56. The van der Waals surface area contributed by atoms with Crippen molar-refractivity contribution in [1.29, 1.82) is 0 Å². The van der Waals surface area contributed by atoms with Crippen LogP contribution in [0.25, 0.3) is 6.08 Å². The summed E-state index contributed by atoms with van der Waals surface area (Å²) in [5, 5.41) is 3.21. The molecule has 0 aromatic heterocycles. The van der Waals surface area contributed by atoms with Crippen molar-refractivity contribution in [2.24, 2.45) is 0 Å². The molecule has 1 aromatic carbocycles. The van der Waals surface area contributed by atoms with Crippen LogP contribution in [0.5, 0.6) is 11.5 Å². The van der Waals surface area contributed by atoms with Gasteiger partial charge in [-0.3, -0.25) is 4.79 Å². The number of ether oxygens (including phenoxy) is 3. The predicted octanol–water partition coefficient (Wildman–Crippen LogP) is 3.36. The van der Waals surface area contributed by atoms with Crippen molar-refractivity contribution < 1.29 is 23.8 Å². The molecule has 1 N–H and O–H groups in total. The number of carbonyl (C=O) groups is 2. The maximum absolute atomic E-state index is 11.8. The van der Waals surface area contributed by atoms with Crippen LogP contribution in [0.15, 0.2) is 18.2 Å². The minimum absolute atomic E-state index is 0.325. The molecule has 7 heteroatoms. The molecule has 0 atom stereocenters. The first-order chi connectivity index (χ1) is 12.3. The number of benzene rings is 1. The maximum Gasteiger partial charge on any atom is 0.331 e. The highest BCUT2D eigenvalue weighted by Gasteiger charge is 2.18. The van der Waals surface area contributed by atoms with Gasteiger partial charge in [-0.2, -0.15) is 0 Å². The van der Waals surface area contributed by atoms with Crippen molar-refractivity contribution in [2.45, 2.75) is 39.2 Å². The van der Waals surface area contributed by atoms with Gasteiger partial charge in [-0.25, -0.2) is 4.79 Å². The lowest BCUT2D eigenvalue weighted by Gasteiger charge is -2.24. The summed E-state index contributed by atoms with van der Waals surface area (Å²) in [6, 6.07) is 3.42. The van der Waals surface area contributed by atoms with Crippen LogP contribution in [0.4, 0.5) is 0 Å². The number of carbonyl (C=O) groups excluding carboxylic acids is 2. The molecule has 0 saturated carbocycles. The van der Waals surface area contributed by atoms with Crippen LogP contribution in [0.1, 0.15) is 39.2 Å². The number of hydrogen-bond donors (Lipinski definition) is 1. The highest BCUT2D eigenvalue weighted by molar-refractivity contribution is 6.32. The zero-order chi connectivity index (χ0) is 19.2. The van der Waals surface area contributed by atoms with Crippen molar-refractivity contribution in [3.05, 3.63) is 28.8 Å². The number of fused-ring (bicyclic) bond motifs is 1. The fourth-order valence-corrected chi connectivity index (χ4v) is 2.47. The van der Waals surface area contributed by atoms with Crippen LogP contribution in [0.3, 0.4) is 0 Å². The monoisotopic (exact) mass is 381 g/mol. The molecule has 1 aliphatic rings. The average molecular weight is 382 g/mol. The van der Waals surface area contributed by atoms with Crippen molar-refractivity contribution in [3.63, 3.8) is 0 Å². The molecule has 1 aromatic rings. The third kappa shape index (κ3) is 5.95. The molecule has 0 spiro atoms. The summed E-state index contributed by atoms with van der Waals surface area (Å²) in [6.45, 7) is 6.54. The van der Waals surface area contributed by atoms with E-state index in [1.807, 2.05) is 20.8 Å². The fraction of sp³-hybridized carbons (Fsp3) is 0.474. The van der Waals surface area contributed by atoms with E-state index in [0.717, 1.165) is 12.8 Å². The third-order valence-corrected chi connectivity index (χ3v) is 4.22. The highest BCUT2D eigenvalue weighted by Crippen LogP contribution is 2.38. The van der Waals surface area contributed by atoms with Crippen LogP contribution in [-0.4, -0.2) is 37.2 Å². The summed E-state index contributed by atoms with van der Waals surface area (Å²) < 4.78 is 16.1. The smallest absolute Gasteiger partial charge is 0.331 e. The maximum atomic E-state index is 11.8. The summed E-state index contributed by atoms with van der Waals surface area (Å²) in [5.41, 5.74) is 0.341. The molecule has 2 rings (SSSR count). The van der Waals surface area contributed by atoms with Gasteiger partial charge < -0.3 is 19.5 Å². The minimum atomic E-state index is -0.613. The second-order valence-corrected chi connectivity index (χ2v) is 7.01. The molecule has 26 heavy (non-hydrogen) atoms. The van der Waals surface area contributed by atoms with E-state index >= 15 is 0 Å². The largest absolute Gasteiger partial charge is 0.489 e. The Morgan fingerprint density at radius 3 is 2.77 bits per heavy atom. The Morgan fingerprint density at radius 1 is 1.31 bits per heavy atom. The second-order valence-electron chi connectivity index (χ2n) is 6.61. The topological polar surface area (TPSA) is 73.9 Å². The van der Waals surface area contributed by atoms with Crippen molar-refractivity contribution in [1.82, 2.24) is 5.32 Å². The lowest BCUT2D eigenvalue weighted by atomic mass is 10.0. The van der Waals surface area contributed by atoms with Gasteiger partial charge in [0.05, 0.1) is 18.2 Å². The van der Waals surface area contributed by atoms with Crippen LogP contribution >= 0.6 is 11.6 Å². The van der Waals surface area contributed by atoms with E-state index in [0.29, 0.717) is 35.3 Å². The normalized spacial score (nSPS) is 14.0. The second kappa shape index (κ2) is 8.94. The molecule has 0 fully saturated rings. The Kier molecular flexibility index (Phi) is 6.91. The van der Waals surface area contributed by atoms with Crippen LogP contribution in [0.2, 0.25) is 5.02 Å². The SMILES string of the molecule is CCC(C)(C)NC(=O)COC(=O)/C=C/c1cc(Cl)c2c(c1)OCCCO2. The minimum Gasteiger partial charge on any atom is -0.489 e. The summed E-state index contributed by atoms with van der Waals surface area (Å²) in [6.07, 6.45) is 4.35. The lowest BCUT2D eigenvalue weighted by molar-refractivity contribution is -0.144. The van der Waals surface area contributed by atoms with Crippen molar-refractivity contribution in [3.8, 4) is 11.5 Å². The van der Waals surface area contributed by atoms with Gasteiger partial charge >= 0.3 is 5.97 Å². The molecule has 142 valence electrons. The van der Waals surface area contributed by atoms with Gasteiger partial charge in [-0.05, 0) is 44.0 Å². The van der Waals surface area contributed by atoms with Crippen LogP contribution in [0, 0.1) is 0 Å². The third-order valence-electron chi connectivity index (χ3n) is 3.94. The lowest BCUT2D eigenvalue weighted by Crippen LogP contribution is -2.44. The number of hydrogen-bond acceptors (Lipinski definition) is 5. The van der Waals surface area contributed by atoms with E-state index < -0.39 is 5.97 Å².